The van der Waals surface area contributed by atoms with Crippen LogP contribution >= 0.6 is 0 Å². The number of hydrogen-bond acceptors (Lipinski definition) is 4. The van der Waals surface area contributed by atoms with Gasteiger partial charge < -0.3 is 5.11 Å². The van der Waals surface area contributed by atoms with Crippen LogP contribution in [0.5, 0.6) is 0 Å². The van der Waals surface area contributed by atoms with Crippen molar-refractivity contribution < 1.29 is 30.9 Å². The zero-order valence-corrected chi connectivity index (χ0v) is 10.8. The van der Waals surface area contributed by atoms with Crippen LogP contribution in [0.15, 0.2) is 29.2 Å². The Morgan fingerprint density at radius 3 is 2.26 bits per heavy atom. The lowest BCUT2D eigenvalue weighted by molar-refractivity contribution is -0.206. The second-order valence-corrected chi connectivity index (χ2v) is 5.55. The van der Waals surface area contributed by atoms with Gasteiger partial charge in [-0.25, -0.2) is 0 Å². The van der Waals surface area contributed by atoms with Crippen LogP contribution in [-0.4, -0.2) is 32.4 Å². The number of aryl methyl sites for hydroxylation is 1. The quantitative estimate of drug-likeness (QED) is 0.845. The SMILES string of the molecule is Cc1ccc(S(=O)(=O)OCC[C@H](O)C(F)(F)F)cc1. The van der Waals surface area contributed by atoms with Crippen molar-refractivity contribution in [3.05, 3.63) is 29.8 Å². The van der Waals surface area contributed by atoms with Gasteiger partial charge >= 0.3 is 6.18 Å². The second kappa shape index (κ2) is 5.89. The number of aliphatic hydroxyl groups excluding tert-OH is 1. The highest BCUT2D eigenvalue weighted by Crippen LogP contribution is 2.22. The van der Waals surface area contributed by atoms with Crippen molar-refractivity contribution in [2.75, 3.05) is 6.61 Å². The highest BCUT2D eigenvalue weighted by Gasteiger charge is 2.37. The van der Waals surface area contributed by atoms with Crippen LogP contribution in [-0.2, 0) is 14.3 Å². The fourth-order valence-electron chi connectivity index (χ4n) is 1.21. The first kappa shape index (κ1) is 15.9. The minimum atomic E-state index is -4.78. The monoisotopic (exact) mass is 298 g/mol. The lowest BCUT2D eigenvalue weighted by atomic mass is 10.2. The van der Waals surface area contributed by atoms with Gasteiger partial charge in [0.2, 0.25) is 0 Å². The van der Waals surface area contributed by atoms with E-state index in [1.807, 2.05) is 0 Å². The van der Waals surface area contributed by atoms with Crippen LogP contribution in [0, 0.1) is 6.92 Å². The third-order valence-corrected chi connectivity index (χ3v) is 3.64. The van der Waals surface area contributed by atoms with Crippen LogP contribution in [0.2, 0.25) is 0 Å². The zero-order chi connectivity index (χ0) is 14.7. The molecule has 19 heavy (non-hydrogen) atoms. The number of alkyl halides is 3. The Morgan fingerprint density at radius 1 is 1.26 bits per heavy atom. The van der Waals surface area contributed by atoms with Crippen molar-refractivity contribution in [2.45, 2.75) is 30.5 Å². The smallest absolute Gasteiger partial charge is 0.384 e. The summed E-state index contributed by atoms with van der Waals surface area (Å²) in [5, 5.41) is 8.69. The summed E-state index contributed by atoms with van der Waals surface area (Å²) in [5.74, 6) is 0. The first-order chi connectivity index (χ1) is 8.63. The molecule has 8 heteroatoms. The second-order valence-electron chi connectivity index (χ2n) is 3.94. The van der Waals surface area contributed by atoms with Crippen molar-refractivity contribution in [3.63, 3.8) is 0 Å². The normalized spacial score (nSPS) is 14.4. The van der Waals surface area contributed by atoms with Gasteiger partial charge in [-0.3, -0.25) is 4.18 Å². The maximum absolute atomic E-state index is 12.0. The maximum atomic E-state index is 12.0. The molecule has 1 rings (SSSR count). The summed E-state index contributed by atoms with van der Waals surface area (Å²) >= 11 is 0. The lowest BCUT2D eigenvalue weighted by Crippen LogP contribution is -2.30. The van der Waals surface area contributed by atoms with Crippen LogP contribution in [0.3, 0.4) is 0 Å². The fourth-order valence-corrected chi connectivity index (χ4v) is 2.13. The summed E-state index contributed by atoms with van der Waals surface area (Å²) < 4.78 is 63.6. The molecule has 0 unspecified atom stereocenters. The lowest BCUT2D eigenvalue weighted by Gasteiger charge is -2.14. The molecule has 108 valence electrons. The predicted octanol–water partition coefficient (Wildman–Crippen LogP) is 2.01. The first-order valence-corrected chi connectivity index (χ1v) is 6.74. The molecule has 0 bridgehead atoms. The molecule has 0 heterocycles. The third-order valence-electron chi connectivity index (χ3n) is 2.32. The summed E-state index contributed by atoms with van der Waals surface area (Å²) in [5.41, 5.74) is 0.839. The number of benzene rings is 1. The molecule has 0 radical (unpaired) electrons. The minimum Gasteiger partial charge on any atom is -0.384 e. The summed E-state index contributed by atoms with van der Waals surface area (Å²) in [6.45, 7) is 1.02. The standard InChI is InChI=1S/C11H13F3O4S/c1-8-2-4-9(5-3-8)19(16,17)18-7-6-10(15)11(12,13)14/h2-5,10,15H,6-7H2,1H3/t10-/m0/s1. The number of rotatable bonds is 5. The molecule has 0 saturated carbocycles. The van der Waals surface area contributed by atoms with Crippen LogP contribution in [0.4, 0.5) is 13.2 Å². The van der Waals surface area contributed by atoms with E-state index >= 15 is 0 Å². The van der Waals surface area contributed by atoms with Gasteiger partial charge in [0.25, 0.3) is 10.1 Å². The van der Waals surface area contributed by atoms with E-state index in [9.17, 15) is 21.6 Å². The zero-order valence-electron chi connectivity index (χ0n) is 10.0. The van der Waals surface area contributed by atoms with Crippen molar-refractivity contribution in [3.8, 4) is 0 Å². The van der Waals surface area contributed by atoms with Gasteiger partial charge in [0.1, 0.15) is 0 Å². The fraction of sp³-hybridized carbons (Fsp3) is 0.455. The molecule has 0 aliphatic carbocycles. The van der Waals surface area contributed by atoms with E-state index in [1.165, 1.54) is 12.1 Å². The van der Waals surface area contributed by atoms with Gasteiger partial charge in [-0.15, -0.1) is 0 Å². The molecular weight excluding hydrogens is 285 g/mol. The van der Waals surface area contributed by atoms with Crippen LogP contribution in [0.1, 0.15) is 12.0 Å². The molecule has 0 amide bonds. The molecule has 0 spiro atoms. The van der Waals surface area contributed by atoms with Gasteiger partial charge in [0.05, 0.1) is 11.5 Å². The largest absolute Gasteiger partial charge is 0.414 e. The molecule has 0 aromatic heterocycles. The van der Waals surface area contributed by atoms with E-state index in [4.69, 9.17) is 5.11 Å². The van der Waals surface area contributed by atoms with E-state index in [1.54, 1.807) is 19.1 Å². The van der Waals surface area contributed by atoms with Gasteiger partial charge in [0.15, 0.2) is 6.10 Å². The highest BCUT2D eigenvalue weighted by atomic mass is 32.2. The molecule has 0 fully saturated rings. The van der Waals surface area contributed by atoms with Crippen molar-refractivity contribution in [1.29, 1.82) is 0 Å². The Morgan fingerprint density at radius 2 is 1.79 bits per heavy atom. The Balaban J connectivity index is 2.60. The van der Waals surface area contributed by atoms with E-state index < -0.39 is 35.4 Å². The molecule has 0 aliphatic rings. The van der Waals surface area contributed by atoms with Gasteiger partial charge in [0, 0.05) is 6.42 Å². The number of halogens is 3. The molecule has 1 atom stereocenters. The molecule has 1 aromatic carbocycles. The van der Waals surface area contributed by atoms with Crippen molar-refractivity contribution in [1.82, 2.24) is 0 Å². The van der Waals surface area contributed by atoms with Gasteiger partial charge in [-0.2, -0.15) is 21.6 Å². The molecule has 1 N–H and O–H groups in total. The van der Waals surface area contributed by atoms with Gasteiger partial charge in [-0.1, -0.05) is 17.7 Å². The first-order valence-electron chi connectivity index (χ1n) is 5.34. The predicted molar refractivity (Wildman–Crippen MR) is 61.0 cm³/mol. The molecular formula is C11H13F3O4S. The van der Waals surface area contributed by atoms with E-state index in [0.29, 0.717) is 0 Å². The molecule has 4 nitrogen and oxygen atoms in total. The highest BCUT2D eigenvalue weighted by molar-refractivity contribution is 7.86. The molecule has 0 aliphatic heterocycles. The molecule has 0 saturated heterocycles. The average molecular weight is 298 g/mol. The Labute approximate surface area is 108 Å². The third kappa shape index (κ3) is 4.81. The topological polar surface area (TPSA) is 63.6 Å². The van der Waals surface area contributed by atoms with Crippen LogP contribution < -0.4 is 0 Å². The summed E-state index contributed by atoms with van der Waals surface area (Å²) in [6.07, 6.45) is -8.22. The number of aliphatic hydroxyl groups is 1. The number of hydrogen-bond donors (Lipinski definition) is 1. The van der Waals surface area contributed by atoms with Crippen molar-refractivity contribution >= 4 is 10.1 Å². The van der Waals surface area contributed by atoms with E-state index in [-0.39, 0.29) is 4.90 Å². The Kier molecular flexibility index (Phi) is 4.94. The van der Waals surface area contributed by atoms with Crippen LogP contribution in [0.25, 0.3) is 0 Å². The summed E-state index contributed by atoms with van der Waals surface area (Å²) in [7, 11) is -4.10. The average Bonchev–Trinajstić information content (AvgIpc) is 2.28. The molecule has 1 aromatic rings. The Bertz CT molecular complexity index is 508. The summed E-state index contributed by atoms with van der Waals surface area (Å²) in [6, 6.07) is 5.68. The van der Waals surface area contributed by atoms with Gasteiger partial charge in [-0.05, 0) is 19.1 Å². The minimum absolute atomic E-state index is 0.139. The van der Waals surface area contributed by atoms with E-state index in [2.05, 4.69) is 4.18 Å². The Hall–Kier alpha value is -1.12. The maximum Gasteiger partial charge on any atom is 0.414 e. The van der Waals surface area contributed by atoms with Crippen molar-refractivity contribution in [2.24, 2.45) is 0 Å². The summed E-state index contributed by atoms with van der Waals surface area (Å²) in [4.78, 5) is -0.139. The van der Waals surface area contributed by atoms with E-state index in [0.717, 1.165) is 5.56 Å².